The Balaban J connectivity index is 1.67. The molecule has 0 aromatic rings. The first kappa shape index (κ1) is 16.8. The lowest BCUT2D eigenvalue weighted by molar-refractivity contribution is -0.132. The number of hydrogen-bond donors (Lipinski definition) is 0. The van der Waals surface area contributed by atoms with Crippen molar-refractivity contribution in [2.75, 3.05) is 32.7 Å². The molecule has 1 saturated carbocycles. The predicted molar refractivity (Wildman–Crippen MR) is 88.2 cm³/mol. The van der Waals surface area contributed by atoms with Gasteiger partial charge in [0.05, 0.1) is 0 Å². The second-order valence-electron chi connectivity index (χ2n) is 7.20. The van der Waals surface area contributed by atoms with Gasteiger partial charge < -0.3 is 4.90 Å². The van der Waals surface area contributed by atoms with Crippen LogP contribution in [0, 0.1) is 17.8 Å². The normalized spacial score (nSPS) is 29.4. The lowest BCUT2D eigenvalue weighted by Crippen LogP contribution is -2.49. The Bertz CT molecular complexity index is 315. The second-order valence-corrected chi connectivity index (χ2v) is 7.20. The summed E-state index contributed by atoms with van der Waals surface area (Å²) in [7, 11) is 0. The lowest BCUT2D eigenvalue weighted by Gasteiger charge is -2.38. The summed E-state index contributed by atoms with van der Waals surface area (Å²) in [5, 5.41) is 0. The fraction of sp³-hybridized carbons (Fsp3) is 0.944. The van der Waals surface area contributed by atoms with Crippen LogP contribution in [-0.4, -0.2) is 48.4 Å². The van der Waals surface area contributed by atoms with E-state index in [1.54, 1.807) is 0 Å². The van der Waals surface area contributed by atoms with Gasteiger partial charge in [-0.15, -0.1) is 0 Å². The van der Waals surface area contributed by atoms with Crippen molar-refractivity contribution in [3.05, 3.63) is 0 Å². The second kappa shape index (κ2) is 8.17. The molecule has 1 unspecified atom stereocenters. The van der Waals surface area contributed by atoms with Crippen molar-refractivity contribution in [3.63, 3.8) is 0 Å². The van der Waals surface area contributed by atoms with Crippen LogP contribution in [0.4, 0.5) is 0 Å². The first-order valence-electron chi connectivity index (χ1n) is 9.14. The maximum atomic E-state index is 11.7. The molecule has 0 aromatic carbocycles. The number of rotatable bonds is 5. The van der Waals surface area contributed by atoms with Gasteiger partial charge in [-0.25, -0.2) is 0 Å². The molecule has 1 aliphatic heterocycles. The van der Waals surface area contributed by atoms with Crippen LogP contribution in [0.2, 0.25) is 0 Å². The largest absolute Gasteiger partial charge is 0.340 e. The minimum absolute atomic E-state index is 0.323. The summed E-state index contributed by atoms with van der Waals surface area (Å²) in [4.78, 5) is 16.3. The highest BCUT2D eigenvalue weighted by molar-refractivity contribution is 5.75. The van der Waals surface area contributed by atoms with E-state index in [2.05, 4.69) is 18.7 Å². The van der Waals surface area contributed by atoms with Crippen molar-refractivity contribution < 1.29 is 4.79 Å². The fourth-order valence-electron chi connectivity index (χ4n) is 4.04. The van der Waals surface area contributed by atoms with Crippen molar-refractivity contribution in [2.45, 2.75) is 59.3 Å². The van der Waals surface area contributed by atoms with E-state index in [4.69, 9.17) is 0 Å². The van der Waals surface area contributed by atoms with Gasteiger partial charge in [0.2, 0.25) is 5.91 Å². The topological polar surface area (TPSA) is 23.6 Å². The lowest BCUT2D eigenvalue weighted by atomic mass is 9.75. The van der Waals surface area contributed by atoms with Crippen LogP contribution in [0.5, 0.6) is 0 Å². The third kappa shape index (κ3) is 4.70. The number of carbonyl (C=O) groups is 1. The number of nitrogens with zero attached hydrogens (tertiary/aromatic N) is 2. The molecule has 0 spiro atoms. The zero-order valence-corrected chi connectivity index (χ0v) is 14.3. The Labute approximate surface area is 131 Å². The Hall–Kier alpha value is -0.570. The van der Waals surface area contributed by atoms with Crippen LogP contribution < -0.4 is 0 Å². The quantitative estimate of drug-likeness (QED) is 0.776. The molecule has 1 aliphatic carbocycles. The van der Waals surface area contributed by atoms with Gasteiger partial charge in [0.25, 0.3) is 0 Å². The average molecular weight is 294 g/mol. The molecular formula is C18H34N2O. The Morgan fingerprint density at radius 1 is 1.05 bits per heavy atom. The summed E-state index contributed by atoms with van der Waals surface area (Å²) in [6.45, 7) is 12.0. The van der Waals surface area contributed by atoms with Crippen LogP contribution in [0.1, 0.15) is 59.3 Å². The van der Waals surface area contributed by atoms with E-state index >= 15 is 0 Å². The van der Waals surface area contributed by atoms with Crippen LogP contribution in [0.25, 0.3) is 0 Å². The summed E-state index contributed by atoms with van der Waals surface area (Å²) in [6, 6.07) is 0. The van der Waals surface area contributed by atoms with Gasteiger partial charge in [-0.05, 0) is 43.4 Å². The molecule has 122 valence electrons. The summed E-state index contributed by atoms with van der Waals surface area (Å²) in [5.74, 6) is 3.11. The third-order valence-corrected chi connectivity index (χ3v) is 5.88. The summed E-state index contributed by atoms with van der Waals surface area (Å²) >= 11 is 0. The minimum Gasteiger partial charge on any atom is -0.340 e. The third-order valence-electron chi connectivity index (χ3n) is 5.88. The maximum absolute atomic E-state index is 11.7. The number of piperazine rings is 1. The number of amides is 1. The van der Waals surface area contributed by atoms with E-state index < -0.39 is 0 Å². The molecule has 0 radical (unpaired) electrons. The van der Waals surface area contributed by atoms with Gasteiger partial charge >= 0.3 is 0 Å². The molecule has 0 N–H and O–H groups in total. The van der Waals surface area contributed by atoms with Crippen LogP contribution >= 0.6 is 0 Å². The Morgan fingerprint density at radius 3 is 2.19 bits per heavy atom. The molecule has 0 bridgehead atoms. The van der Waals surface area contributed by atoms with E-state index in [-0.39, 0.29) is 0 Å². The number of carbonyl (C=O) groups excluding carboxylic acids is 1. The molecular weight excluding hydrogens is 260 g/mol. The predicted octanol–water partition coefficient (Wildman–Crippen LogP) is 3.39. The fourth-order valence-corrected chi connectivity index (χ4v) is 4.04. The summed E-state index contributed by atoms with van der Waals surface area (Å²) in [6.07, 6.45) is 7.70. The van der Waals surface area contributed by atoms with E-state index in [9.17, 15) is 4.79 Å². The standard InChI is InChI=1S/C18H34N2O/c1-4-15(3)17-8-6-16(7-9-17)14-19-10-12-20(13-11-19)18(21)5-2/h15-17H,4-14H2,1-3H3. The van der Waals surface area contributed by atoms with Crippen molar-refractivity contribution >= 4 is 5.91 Å². The van der Waals surface area contributed by atoms with Gasteiger partial charge in [-0.3, -0.25) is 9.69 Å². The molecule has 2 aliphatic rings. The van der Waals surface area contributed by atoms with Gasteiger partial charge in [0.1, 0.15) is 0 Å². The zero-order valence-electron chi connectivity index (χ0n) is 14.3. The molecule has 3 nitrogen and oxygen atoms in total. The maximum Gasteiger partial charge on any atom is 0.222 e. The first-order valence-corrected chi connectivity index (χ1v) is 9.14. The molecule has 1 amide bonds. The van der Waals surface area contributed by atoms with Gasteiger partial charge in [-0.1, -0.05) is 27.2 Å². The van der Waals surface area contributed by atoms with E-state index in [0.717, 1.165) is 43.9 Å². The van der Waals surface area contributed by atoms with E-state index in [0.29, 0.717) is 12.3 Å². The van der Waals surface area contributed by atoms with E-state index in [1.165, 1.54) is 38.6 Å². The SMILES string of the molecule is CCC(=O)N1CCN(CC2CCC(C(C)CC)CC2)CC1. The molecule has 1 atom stereocenters. The molecule has 2 rings (SSSR count). The number of hydrogen-bond acceptors (Lipinski definition) is 2. The van der Waals surface area contributed by atoms with Crippen molar-refractivity contribution in [2.24, 2.45) is 17.8 Å². The van der Waals surface area contributed by atoms with Crippen LogP contribution in [0.3, 0.4) is 0 Å². The molecule has 3 heteroatoms. The summed E-state index contributed by atoms with van der Waals surface area (Å²) < 4.78 is 0. The highest BCUT2D eigenvalue weighted by Crippen LogP contribution is 2.35. The van der Waals surface area contributed by atoms with Crippen molar-refractivity contribution in [1.29, 1.82) is 0 Å². The Morgan fingerprint density at radius 2 is 1.67 bits per heavy atom. The highest BCUT2D eigenvalue weighted by Gasteiger charge is 2.27. The molecule has 1 saturated heterocycles. The van der Waals surface area contributed by atoms with Crippen molar-refractivity contribution in [3.8, 4) is 0 Å². The first-order chi connectivity index (χ1) is 10.1. The molecule has 1 heterocycles. The van der Waals surface area contributed by atoms with Crippen LogP contribution in [0.15, 0.2) is 0 Å². The zero-order chi connectivity index (χ0) is 15.2. The minimum atomic E-state index is 0.323. The van der Waals surface area contributed by atoms with Crippen LogP contribution in [-0.2, 0) is 4.79 Å². The molecule has 0 aromatic heterocycles. The average Bonchev–Trinajstić information content (AvgIpc) is 2.55. The van der Waals surface area contributed by atoms with E-state index in [1.807, 2.05) is 11.8 Å². The summed E-state index contributed by atoms with van der Waals surface area (Å²) in [5.41, 5.74) is 0. The molecule has 21 heavy (non-hydrogen) atoms. The van der Waals surface area contributed by atoms with Gasteiger partial charge in [0.15, 0.2) is 0 Å². The Kier molecular flexibility index (Phi) is 6.53. The smallest absolute Gasteiger partial charge is 0.222 e. The van der Waals surface area contributed by atoms with Crippen molar-refractivity contribution in [1.82, 2.24) is 9.80 Å². The monoisotopic (exact) mass is 294 g/mol. The van der Waals surface area contributed by atoms with Gasteiger partial charge in [0, 0.05) is 39.1 Å². The molecule has 2 fully saturated rings. The van der Waals surface area contributed by atoms with Gasteiger partial charge in [-0.2, -0.15) is 0 Å². The highest BCUT2D eigenvalue weighted by atomic mass is 16.2.